The van der Waals surface area contributed by atoms with Crippen molar-refractivity contribution in [1.29, 1.82) is 0 Å². The Bertz CT molecular complexity index is 925. The van der Waals surface area contributed by atoms with Gasteiger partial charge in [0.2, 0.25) is 0 Å². The average molecular weight is 456 g/mol. The number of aliphatic hydroxyl groups is 2. The van der Waals surface area contributed by atoms with Crippen LogP contribution in [0.25, 0.3) is 0 Å². The number of carbonyl (C=O) groups is 2. The molecular formula is C26H33NO6. The summed E-state index contributed by atoms with van der Waals surface area (Å²) in [6, 6.07) is -0.539. The Kier molecular flexibility index (Phi) is 8.24. The van der Waals surface area contributed by atoms with E-state index in [0.717, 1.165) is 6.42 Å². The van der Waals surface area contributed by atoms with Crippen molar-refractivity contribution in [2.45, 2.75) is 63.8 Å². The minimum Gasteiger partial charge on any atom is -0.507 e. The Balaban J connectivity index is 1.46. The molecule has 3 aliphatic rings. The van der Waals surface area contributed by atoms with Crippen molar-refractivity contribution in [3.63, 3.8) is 0 Å². The molecule has 0 aliphatic carbocycles. The van der Waals surface area contributed by atoms with Crippen molar-refractivity contribution in [3.8, 4) is 0 Å². The van der Waals surface area contributed by atoms with Crippen LogP contribution in [0.4, 0.5) is 0 Å². The van der Waals surface area contributed by atoms with Crippen LogP contribution in [0.15, 0.2) is 72.1 Å². The molecule has 7 heteroatoms. The largest absolute Gasteiger partial charge is 0.507 e. The van der Waals surface area contributed by atoms with Gasteiger partial charge in [0.25, 0.3) is 5.91 Å². The number of fused-ring (bicyclic) bond motifs is 1. The zero-order valence-corrected chi connectivity index (χ0v) is 19.5. The Labute approximate surface area is 195 Å². The smallest absolute Gasteiger partial charge is 0.261 e. The van der Waals surface area contributed by atoms with E-state index >= 15 is 0 Å². The fourth-order valence-electron chi connectivity index (χ4n) is 4.44. The molecule has 0 bridgehead atoms. The van der Waals surface area contributed by atoms with E-state index in [9.17, 15) is 19.8 Å². The maximum Gasteiger partial charge on any atom is 0.261 e. The number of ketones is 1. The fraction of sp³-hybridized carbons (Fsp3) is 0.462. The van der Waals surface area contributed by atoms with Crippen molar-refractivity contribution >= 4 is 11.7 Å². The maximum atomic E-state index is 12.5. The van der Waals surface area contributed by atoms with E-state index in [-0.39, 0.29) is 47.4 Å². The van der Waals surface area contributed by atoms with Gasteiger partial charge in [-0.05, 0) is 18.9 Å². The van der Waals surface area contributed by atoms with E-state index in [1.807, 2.05) is 51.2 Å². The highest BCUT2D eigenvalue weighted by Gasteiger charge is 2.48. The highest BCUT2D eigenvalue weighted by Crippen LogP contribution is 2.34. The number of allylic oxidation sites excluding steroid dienone is 9. The van der Waals surface area contributed by atoms with Crippen LogP contribution < -0.4 is 0 Å². The second-order valence-electron chi connectivity index (χ2n) is 8.90. The van der Waals surface area contributed by atoms with Gasteiger partial charge in [0.15, 0.2) is 5.78 Å². The van der Waals surface area contributed by atoms with Gasteiger partial charge in [0.1, 0.15) is 29.6 Å². The van der Waals surface area contributed by atoms with E-state index < -0.39 is 18.1 Å². The molecule has 0 aromatic carbocycles. The van der Waals surface area contributed by atoms with Crippen LogP contribution in [-0.4, -0.2) is 70.4 Å². The number of hydrogen-bond donors (Lipinski definition) is 2. The normalized spacial score (nSPS) is 34.7. The Morgan fingerprint density at radius 2 is 1.64 bits per heavy atom. The lowest BCUT2D eigenvalue weighted by Crippen LogP contribution is -2.36. The number of likely N-dealkylation sites (N-methyl/N-ethyl adjacent to an activating group) is 1. The molecule has 0 radical (unpaired) electrons. The van der Waals surface area contributed by atoms with Crippen LogP contribution in [0.2, 0.25) is 0 Å². The second-order valence-corrected chi connectivity index (χ2v) is 8.90. The molecule has 2 N–H and O–H groups in total. The molecule has 0 aromatic heterocycles. The minimum absolute atomic E-state index is 0.0260. The molecule has 0 saturated carbocycles. The monoisotopic (exact) mass is 455 g/mol. The molecule has 1 amide bonds. The summed E-state index contributed by atoms with van der Waals surface area (Å²) in [5, 5.41) is 20.5. The van der Waals surface area contributed by atoms with E-state index in [4.69, 9.17) is 9.47 Å². The van der Waals surface area contributed by atoms with E-state index in [1.54, 1.807) is 31.4 Å². The van der Waals surface area contributed by atoms with Crippen molar-refractivity contribution in [3.05, 3.63) is 72.1 Å². The third kappa shape index (κ3) is 5.61. The SMILES string of the molecule is CC1CC2OC(/C=C/C=C/C=C/C=C\C=C\C(O)=C3/C(=O)C(C(C)C)N(C)C3=O)C(O)C2O1. The molecule has 33 heavy (non-hydrogen) atoms. The number of rotatable bonds is 7. The summed E-state index contributed by atoms with van der Waals surface area (Å²) in [4.78, 5) is 26.1. The van der Waals surface area contributed by atoms with E-state index in [2.05, 4.69) is 0 Å². The number of likely N-dealkylation sites (tertiary alicyclic amines) is 1. The highest BCUT2D eigenvalue weighted by molar-refractivity contribution is 6.27. The van der Waals surface area contributed by atoms with Crippen LogP contribution >= 0.6 is 0 Å². The van der Waals surface area contributed by atoms with Gasteiger partial charge in [-0.3, -0.25) is 9.59 Å². The molecule has 6 atom stereocenters. The van der Waals surface area contributed by atoms with Crippen molar-refractivity contribution in [2.24, 2.45) is 5.92 Å². The lowest BCUT2D eigenvalue weighted by atomic mass is 9.98. The summed E-state index contributed by atoms with van der Waals surface area (Å²) in [6.45, 7) is 5.72. The average Bonchev–Trinajstić information content (AvgIpc) is 3.33. The zero-order valence-electron chi connectivity index (χ0n) is 19.5. The first-order chi connectivity index (χ1) is 15.7. The number of hydrogen-bond acceptors (Lipinski definition) is 6. The van der Waals surface area contributed by atoms with Gasteiger partial charge in [0.05, 0.1) is 18.2 Å². The van der Waals surface area contributed by atoms with E-state index in [0.29, 0.717) is 0 Å². The summed E-state index contributed by atoms with van der Waals surface area (Å²) in [7, 11) is 1.57. The molecule has 3 fully saturated rings. The topological polar surface area (TPSA) is 96.3 Å². The number of carbonyl (C=O) groups excluding carboxylic acids is 2. The lowest BCUT2D eigenvalue weighted by Gasteiger charge is -2.20. The molecule has 6 unspecified atom stereocenters. The molecular weight excluding hydrogens is 422 g/mol. The number of amides is 1. The third-order valence-electron chi connectivity index (χ3n) is 6.01. The van der Waals surface area contributed by atoms with Crippen molar-refractivity contribution in [2.75, 3.05) is 7.05 Å². The van der Waals surface area contributed by atoms with Crippen molar-refractivity contribution in [1.82, 2.24) is 4.90 Å². The Hall–Kier alpha value is -2.74. The lowest BCUT2D eigenvalue weighted by molar-refractivity contribution is -0.126. The summed E-state index contributed by atoms with van der Waals surface area (Å²) >= 11 is 0. The number of nitrogens with zero attached hydrogens (tertiary/aromatic N) is 1. The number of aliphatic hydroxyl groups excluding tert-OH is 2. The Morgan fingerprint density at radius 3 is 2.21 bits per heavy atom. The highest BCUT2D eigenvalue weighted by atomic mass is 16.6. The molecule has 178 valence electrons. The van der Waals surface area contributed by atoms with Crippen LogP contribution in [0.3, 0.4) is 0 Å². The summed E-state index contributed by atoms with van der Waals surface area (Å²) in [5.74, 6) is -1.15. The molecule has 3 saturated heterocycles. The van der Waals surface area contributed by atoms with Crippen LogP contribution in [0.5, 0.6) is 0 Å². The van der Waals surface area contributed by atoms with Crippen LogP contribution in [0.1, 0.15) is 27.2 Å². The Morgan fingerprint density at radius 1 is 1.03 bits per heavy atom. The van der Waals surface area contributed by atoms with Gasteiger partial charge in [0, 0.05) is 13.5 Å². The predicted molar refractivity (Wildman–Crippen MR) is 125 cm³/mol. The third-order valence-corrected chi connectivity index (χ3v) is 6.01. The van der Waals surface area contributed by atoms with Crippen molar-refractivity contribution < 1.29 is 29.3 Å². The standard InChI is InChI=1S/C26H33NO6/c1-16(2)22-24(30)21(26(31)27(22)4)18(28)13-11-9-7-5-6-8-10-12-14-19-23(29)25-20(33-19)15-17(3)32-25/h5-14,16-17,19-20,22-23,25,28-29H,15H2,1-4H3/b6-5+,9-7-,10-8+,13-11+,14-12+,21-18-. The van der Waals surface area contributed by atoms with Gasteiger partial charge >= 0.3 is 0 Å². The quantitative estimate of drug-likeness (QED) is 0.265. The maximum absolute atomic E-state index is 12.5. The van der Waals surface area contributed by atoms with Gasteiger partial charge in [-0.1, -0.05) is 68.5 Å². The minimum atomic E-state index is -0.646. The van der Waals surface area contributed by atoms with Crippen LogP contribution in [-0.2, 0) is 19.1 Å². The second kappa shape index (κ2) is 10.9. The van der Waals surface area contributed by atoms with Crippen LogP contribution in [0, 0.1) is 5.92 Å². The summed E-state index contributed by atoms with van der Waals surface area (Å²) in [6.07, 6.45) is 17.0. The molecule has 3 aliphatic heterocycles. The zero-order chi connectivity index (χ0) is 24.1. The molecule has 3 heterocycles. The number of ether oxygens (including phenoxy) is 2. The molecule has 7 nitrogen and oxygen atoms in total. The van der Waals surface area contributed by atoms with Gasteiger partial charge in [-0.2, -0.15) is 0 Å². The fourth-order valence-corrected chi connectivity index (χ4v) is 4.44. The first-order valence-electron chi connectivity index (χ1n) is 11.3. The molecule has 0 spiro atoms. The first kappa shape index (κ1) is 24.9. The summed E-state index contributed by atoms with van der Waals surface area (Å²) in [5.41, 5.74) is -0.160. The predicted octanol–water partition coefficient (Wildman–Crippen LogP) is 2.95. The molecule has 0 aromatic rings. The van der Waals surface area contributed by atoms with Gasteiger partial charge in [-0.15, -0.1) is 0 Å². The first-order valence-corrected chi connectivity index (χ1v) is 11.3. The van der Waals surface area contributed by atoms with E-state index in [1.165, 1.54) is 11.0 Å². The van der Waals surface area contributed by atoms with Gasteiger partial charge in [-0.25, -0.2) is 0 Å². The summed E-state index contributed by atoms with van der Waals surface area (Å²) < 4.78 is 11.5. The number of Topliss-reactive ketones (excluding diaryl/α,β-unsaturated/α-hetero) is 1. The van der Waals surface area contributed by atoms with Gasteiger partial charge < -0.3 is 24.6 Å². The molecule has 3 rings (SSSR count).